The number of aromatic carboxylic acids is 1. The standard InChI is InChI=1S/C29H23N7O10S3/c30-28-31-16(11-48-28)19(35-45-8-12-2-1-3-14(6-12)26(41)42)22(39)32-20-24(40)36-21(27(43)44)15(9-47-25(20)36)10-49-29-34-33-23(46-29)13-4-5-17(37)18(38)7-13/h1-7,11,20,25,37-38H,8-10H2,(H2,30,31)(H,32,39)(H,41,42)(H,43,44)/t20-,25-/m1/s1. The van der Waals surface area contributed by atoms with E-state index in [1.54, 1.807) is 6.07 Å². The number of nitrogens with zero attached hydrogens (tertiary/aromatic N) is 5. The number of carbonyl (C=O) groups is 4. The quantitative estimate of drug-likeness (QED) is 0.0402. The Morgan fingerprint density at radius 1 is 1.12 bits per heavy atom. The number of hydrogen-bond donors (Lipinski definition) is 6. The molecule has 49 heavy (non-hydrogen) atoms. The van der Waals surface area contributed by atoms with Crippen LogP contribution in [0.1, 0.15) is 21.6 Å². The van der Waals surface area contributed by atoms with Crippen LogP contribution < -0.4 is 11.1 Å². The molecule has 0 aliphatic carbocycles. The number of carboxylic acids is 2. The second-order valence-corrected chi connectivity index (χ2v) is 13.2. The van der Waals surface area contributed by atoms with Gasteiger partial charge in [0.05, 0.1) is 5.56 Å². The number of β-lactam (4-membered cyclic amide) rings is 1. The summed E-state index contributed by atoms with van der Waals surface area (Å²) >= 11 is 3.35. The fraction of sp³-hybridized carbons (Fsp3) is 0.172. The minimum atomic E-state index is -1.33. The molecule has 4 aromatic rings. The summed E-state index contributed by atoms with van der Waals surface area (Å²) < 4.78 is 5.61. The van der Waals surface area contributed by atoms with Crippen LogP contribution in [0.3, 0.4) is 0 Å². The van der Waals surface area contributed by atoms with E-state index in [2.05, 4.69) is 25.7 Å². The highest BCUT2D eigenvalue weighted by atomic mass is 32.2. The molecule has 20 heteroatoms. The van der Waals surface area contributed by atoms with Crippen LogP contribution in [0, 0.1) is 0 Å². The lowest BCUT2D eigenvalue weighted by Crippen LogP contribution is -2.71. The lowest BCUT2D eigenvalue weighted by molar-refractivity contribution is -0.150. The van der Waals surface area contributed by atoms with Crippen molar-refractivity contribution in [3.8, 4) is 23.0 Å². The van der Waals surface area contributed by atoms with Gasteiger partial charge >= 0.3 is 11.9 Å². The molecule has 2 amide bonds. The summed E-state index contributed by atoms with van der Waals surface area (Å²) in [5.74, 6) is -4.22. The molecule has 0 saturated carbocycles. The first-order valence-electron chi connectivity index (χ1n) is 13.9. The number of hydrogen-bond acceptors (Lipinski definition) is 16. The molecule has 2 aromatic heterocycles. The van der Waals surface area contributed by atoms with Crippen molar-refractivity contribution in [1.82, 2.24) is 25.4 Å². The molecular weight excluding hydrogens is 703 g/mol. The predicted octanol–water partition coefficient (Wildman–Crippen LogP) is 2.34. The summed E-state index contributed by atoms with van der Waals surface area (Å²) in [5, 5.41) is 53.9. The Morgan fingerprint density at radius 2 is 1.94 bits per heavy atom. The number of nitrogens with one attached hydrogen (secondary N) is 1. The molecule has 252 valence electrons. The fourth-order valence-electron chi connectivity index (χ4n) is 4.76. The molecule has 1 fully saturated rings. The van der Waals surface area contributed by atoms with Crippen molar-refractivity contribution in [3.63, 3.8) is 0 Å². The van der Waals surface area contributed by atoms with Gasteiger partial charge in [-0.1, -0.05) is 29.1 Å². The third-order valence-electron chi connectivity index (χ3n) is 7.08. The van der Waals surface area contributed by atoms with Crippen molar-refractivity contribution >= 4 is 69.5 Å². The van der Waals surface area contributed by atoms with Crippen LogP contribution in [-0.4, -0.2) is 92.9 Å². The Balaban J connectivity index is 1.13. The van der Waals surface area contributed by atoms with Gasteiger partial charge in [-0.25, -0.2) is 14.6 Å². The van der Waals surface area contributed by atoms with Gasteiger partial charge in [0.25, 0.3) is 17.0 Å². The molecule has 2 atom stereocenters. The van der Waals surface area contributed by atoms with E-state index in [1.807, 2.05) is 0 Å². The molecule has 17 nitrogen and oxygen atoms in total. The first-order chi connectivity index (χ1) is 23.5. The zero-order valence-corrected chi connectivity index (χ0v) is 27.1. The summed E-state index contributed by atoms with van der Waals surface area (Å²) in [7, 11) is 0. The van der Waals surface area contributed by atoms with Crippen LogP contribution in [0.25, 0.3) is 11.5 Å². The van der Waals surface area contributed by atoms with E-state index in [-0.39, 0.29) is 68.5 Å². The number of aliphatic carboxylic acids is 1. The average molecular weight is 726 g/mol. The number of nitrogens with two attached hydrogens (primary N) is 1. The fourth-order valence-corrected chi connectivity index (χ4v) is 7.56. The van der Waals surface area contributed by atoms with E-state index in [1.165, 1.54) is 53.5 Å². The second-order valence-electron chi connectivity index (χ2n) is 10.3. The van der Waals surface area contributed by atoms with Gasteiger partial charge in [-0.3, -0.25) is 14.5 Å². The van der Waals surface area contributed by atoms with Gasteiger partial charge in [0.1, 0.15) is 29.4 Å². The zero-order valence-electron chi connectivity index (χ0n) is 24.7. The monoisotopic (exact) mass is 725 g/mol. The Kier molecular flexibility index (Phi) is 9.42. The maximum absolute atomic E-state index is 13.4. The number of aromatic hydroxyl groups is 2. The number of thiazole rings is 1. The van der Waals surface area contributed by atoms with E-state index in [0.29, 0.717) is 16.7 Å². The van der Waals surface area contributed by atoms with Crippen LogP contribution in [-0.2, 0) is 25.8 Å². The zero-order chi connectivity index (χ0) is 34.8. The topological polar surface area (TPSA) is 264 Å². The normalized spacial score (nSPS) is 17.3. The molecule has 2 aliphatic rings. The molecule has 0 spiro atoms. The number of oxime groups is 1. The number of benzene rings is 2. The van der Waals surface area contributed by atoms with Crippen molar-refractivity contribution < 1.29 is 48.9 Å². The summed E-state index contributed by atoms with van der Waals surface area (Å²) in [6, 6.07) is 8.87. The summed E-state index contributed by atoms with van der Waals surface area (Å²) in [4.78, 5) is 60.9. The maximum Gasteiger partial charge on any atom is 0.352 e. The van der Waals surface area contributed by atoms with Crippen molar-refractivity contribution in [2.24, 2.45) is 5.16 Å². The molecule has 0 radical (unpaired) electrons. The molecule has 0 bridgehead atoms. The predicted molar refractivity (Wildman–Crippen MR) is 175 cm³/mol. The number of anilines is 1. The SMILES string of the molecule is Nc1nc(C(=NOCc2cccc(C(=O)O)c2)C(=O)N[C@@H]2C(=O)N3C(C(=O)O)=C(CSc4nnc(-c5ccc(O)c(O)c5)o4)CS[C@H]23)cs1. The molecule has 2 aromatic carbocycles. The van der Waals surface area contributed by atoms with E-state index >= 15 is 0 Å². The number of aromatic nitrogens is 3. The number of fused-ring (bicyclic) bond motifs is 1. The van der Waals surface area contributed by atoms with Crippen LogP contribution in [0.4, 0.5) is 5.13 Å². The van der Waals surface area contributed by atoms with E-state index in [4.69, 9.17) is 15.0 Å². The Labute approximate surface area is 287 Å². The van der Waals surface area contributed by atoms with Crippen molar-refractivity contribution in [2.45, 2.75) is 23.2 Å². The number of phenols is 2. The largest absolute Gasteiger partial charge is 0.504 e. The molecular formula is C29H23N7O10S3. The highest BCUT2D eigenvalue weighted by molar-refractivity contribution is 8.01. The highest BCUT2D eigenvalue weighted by Gasteiger charge is 2.54. The molecule has 0 unspecified atom stereocenters. The number of carboxylic acid groups (broad SMARTS) is 2. The first-order valence-corrected chi connectivity index (χ1v) is 16.8. The number of rotatable bonds is 12. The lowest BCUT2D eigenvalue weighted by atomic mass is 10.0. The van der Waals surface area contributed by atoms with Gasteiger partial charge in [0, 0.05) is 22.4 Å². The van der Waals surface area contributed by atoms with E-state index < -0.39 is 35.2 Å². The van der Waals surface area contributed by atoms with Gasteiger partial charge in [-0.2, -0.15) is 0 Å². The smallest absolute Gasteiger partial charge is 0.352 e. The van der Waals surface area contributed by atoms with Crippen molar-refractivity contribution in [2.75, 3.05) is 17.2 Å². The minimum Gasteiger partial charge on any atom is -0.504 e. The number of carbonyl (C=O) groups excluding carboxylic acids is 2. The third kappa shape index (κ3) is 7.00. The van der Waals surface area contributed by atoms with Gasteiger partial charge in [0.2, 0.25) is 5.89 Å². The van der Waals surface area contributed by atoms with Gasteiger partial charge in [-0.05, 0) is 41.5 Å². The summed E-state index contributed by atoms with van der Waals surface area (Å²) in [6.45, 7) is -0.176. The van der Waals surface area contributed by atoms with Crippen LogP contribution in [0.2, 0.25) is 0 Å². The Morgan fingerprint density at radius 3 is 2.65 bits per heavy atom. The number of phenolic OH excluding ortho intramolecular Hbond substituents is 2. The average Bonchev–Trinajstić information content (AvgIpc) is 3.74. The van der Waals surface area contributed by atoms with Crippen LogP contribution >= 0.6 is 34.9 Å². The maximum atomic E-state index is 13.4. The molecule has 4 heterocycles. The van der Waals surface area contributed by atoms with Gasteiger partial charge in [-0.15, -0.1) is 33.3 Å². The minimum absolute atomic E-state index is 0.0428. The molecule has 6 rings (SSSR count). The highest BCUT2D eigenvalue weighted by Crippen LogP contribution is 2.42. The lowest BCUT2D eigenvalue weighted by Gasteiger charge is -2.49. The number of thioether (sulfide) groups is 2. The van der Waals surface area contributed by atoms with E-state index in [9.17, 15) is 39.6 Å². The first kappa shape index (κ1) is 33.3. The molecule has 7 N–H and O–H groups in total. The summed E-state index contributed by atoms with van der Waals surface area (Å²) in [6.07, 6.45) is 0. The van der Waals surface area contributed by atoms with Crippen molar-refractivity contribution in [1.29, 1.82) is 0 Å². The van der Waals surface area contributed by atoms with Gasteiger partial charge in [0.15, 0.2) is 22.3 Å². The summed E-state index contributed by atoms with van der Waals surface area (Å²) in [5.41, 5.74) is 6.62. The Bertz CT molecular complexity index is 2050. The van der Waals surface area contributed by atoms with Crippen LogP contribution in [0.15, 0.2) is 73.9 Å². The number of nitrogen functional groups attached to an aromatic ring is 1. The van der Waals surface area contributed by atoms with Crippen molar-refractivity contribution in [3.05, 3.63) is 75.9 Å². The van der Waals surface area contributed by atoms with E-state index in [0.717, 1.165) is 28.0 Å². The molecule has 2 aliphatic heterocycles. The van der Waals surface area contributed by atoms with Crippen LogP contribution in [0.5, 0.6) is 11.5 Å². The van der Waals surface area contributed by atoms with Gasteiger partial charge < -0.3 is 40.7 Å². The second kappa shape index (κ2) is 13.9. The number of amides is 2. The Hall–Kier alpha value is -5.60. The molecule has 1 saturated heterocycles. The third-order valence-corrected chi connectivity index (χ3v) is 9.99.